The monoisotopic (exact) mass is 453 g/mol. The molecular formula is C21H21Cl2NO6. The number of hydrogen-bond donors (Lipinski definition) is 1. The van der Waals surface area contributed by atoms with Gasteiger partial charge in [-0.25, -0.2) is 4.79 Å². The van der Waals surface area contributed by atoms with Crippen molar-refractivity contribution in [1.82, 2.24) is 0 Å². The lowest BCUT2D eigenvalue weighted by atomic mass is 10.1. The van der Waals surface area contributed by atoms with Gasteiger partial charge in [0.15, 0.2) is 17.6 Å². The zero-order chi connectivity index (χ0) is 22.3. The molecule has 0 aliphatic carbocycles. The van der Waals surface area contributed by atoms with E-state index in [1.54, 1.807) is 24.3 Å². The minimum Gasteiger partial charge on any atom is -0.493 e. The fraction of sp³-hybridized carbons (Fsp3) is 0.238. The average molecular weight is 454 g/mol. The summed E-state index contributed by atoms with van der Waals surface area (Å²) < 4.78 is 20.9. The highest BCUT2D eigenvalue weighted by Crippen LogP contribution is 2.38. The van der Waals surface area contributed by atoms with Crippen LogP contribution in [-0.4, -0.2) is 39.3 Å². The topological polar surface area (TPSA) is 83.1 Å². The minimum atomic E-state index is -1.05. The number of amides is 1. The zero-order valence-corrected chi connectivity index (χ0v) is 18.3. The van der Waals surface area contributed by atoms with Gasteiger partial charge in [0.1, 0.15) is 0 Å². The number of hydrogen-bond acceptors (Lipinski definition) is 6. The first kappa shape index (κ1) is 23.4. The molecule has 0 spiro atoms. The molecule has 0 radical (unpaired) electrons. The van der Waals surface area contributed by atoms with E-state index in [4.69, 9.17) is 42.1 Å². The quantitative estimate of drug-likeness (QED) is 0.464. The Bertz CT molecular complexity index is 936. The molecular weight excluding hydrogens is 433 g/mol. The van der Waals surface area contributed by atoms with Gasteiger partial charge in [0, 0.05) is 11.1 Å². The van der Waals surface area contributed by atoms with Crippen LogP contribution in [0.2, 0.25) is 10.0 Å². The second kappa shape index (κ2) is 10.8. The molecule has 0 aliphatic heterocycles. The fourth-order valence-corrected chi connectivity index (χ4v) is 2.91. The summed E-state index contributed by atoms with van der Waals surface area (Å²) in [4.78, 5) is 24.4. The summed E-state index contributed by atoms with van der Waals surface area (Å²) in [6.07, 6.45) is 1.65. The van der Waals surface area contributed by atoms with E-state index in [1.807, 2.05) is 0 Å². The molecule has 0 fully saturated rings. The molecule has 1 N–H and O–H groups in total. The highest BCUT2D eigenvalue weighted by Gasteiger charge is 2.18. The van der Waals surface area contributed by atoms with Crippen molar-refractivity contribution >= 4 is 46.8 Å². The summed E-state index contributed by atoms with van der Waals surface area (Å²) >= 11 is 11.9. The Kier molecular flexibility index (Phi) is 8.38. The largest absolute Gasteiger partial charge is 0.493 e. The van der Waals surface area contributed by atoms with Gasteiger partial charge in [0.25, 0.3) is 5.91 Å². The maximum absolute atomic E-state index is 12.2. The van der Waals surface area contributed by atoms with Crippen molar-refractivity contribution in [3.8, 4) is 17.2 Å². The number of esters is 1. The molecule has 2 aromatic rings. The number of nitrogens with one attached hydrogen (secondary N) is 1. The van der Waals surface area contributed by atoms with Crippen LogP contribution < -0.4 is 19.5 Å². The van der Waals surface area contributed by atoms with Crippen molar-refractivity contribution in [2.75, 3.05) is 26.6 Å². The molecule has 9 heteroatoms. The predicted octanol–water partition coefficient (Wildman–Crippen LogP) is 4.60. The Morgan fingerprint density at radius 3 is 2.17 bits per heavy atom. The smallest absolute Gasteiger partial charge is 0.331 e. The maximum Gasteiger partial charge on any atom is 0.331 e. The average Bonchev–Trinajstić information content (AvgIpc) is 2.73. The van der Waals surface area contributed by atoms with Crippen LogP contribution in [0.5, 0.6) is 17.2 Å². The van der Waals surface area contributed by atoms with Crippen LogP contribution in [0.4, 0.5) is 5.69 Å². The number of carbonyl (C=O) groups is 2. The van der Waals surface area contributed by atoms with Crippen LogP contribution >= 0.6 is 23.2 Å². The summed E-state index contributed by atoms with van der Waals surface area (Å²) in [5.41, 5.74) is 0.980. The van der Waals surface area contributed by atoms with Crippen molar-refractivity contribution < 1.29 is 28.5 Å². The van der Waals surface area contributed by atoms with E-state index in [2.05, 4.69) is 5.32 Å². The summed E-state index contributed by atoms with van der Waals surface area (Å²) in [5, 5.41) is 3.30. The highest BCUT2D eigenvalue weighted by atomic mass is 35.5. The summed E-state index contributed by atoms with van der Waals surface area (Å²) in [6, 6.07) is 7.98. The number of halogens is 2. The van der Waals surface area contributed by atoms with Gasteiger partial charge >= 0.3 is 5.97 Å². The minimum absolute atomic E-state index is 0.275. The van der Waals surface area contributed by atoms with Crippen molar-refractivity contribution in [1.29, 1.82) is 0 Å². The molecule has 7 nitrogen and oxygen atoms in total. The third kappa shape index (κ3) is 6.05. The Hall–Kier alpha value is -2.90. The van der Waals surface area contributed by atoms with Crippen LogP contribution in [0.25, 0.3) is 6.08 Å². The first-order valence-electron chi connectivity index (χ1n) is 8.73. The molecule has 0 saturated carbocycles. The number of carbonyl (C=O) groups excluding carboxylic acids is 2. The van der Waals surface area contributed by atoms with Crippen LogP contribution in [0, 0.1) is 0 Å². The van der Waals surface area contributed by atoms with Crippen LogP contribution in [-0.2, 0) is 14.3 Å². The van der Waals surface area contributed by atoms with E-state index in [-0.39, 0.29) is 5.02 Å². The molecule has 2 rings (SSSR count). The maximum atomic E-state index is 12.2. The molecule has 0 saturated heterocycles. The molecule has 160 valence electrons. The molecule has 0 aromatic heterocycles. The SMILES string of the molecule is COc1cc(/C=C/C(=O)O[C@@H](C)C(=O)Nc2ccc(Cl)cc2Cl)cc(OC)c1OC. The summed E-state index contributed by atoms with van der Waals surface area (Å²) in [5.74, 6) is 0.0863. The second-order valence-electron chi connectivity index (χ2n) is 5.98. The van der Waals surface area contributed by atoms with Gasteiger partial charge in [-0.1, -0.05) is 23.2 Å². The van der Waals surface area contributed by atoms with Gasteiger partial charge in [0.05, 0.1) is 32.0 Å². The lowest BCUT2D eigenvalue weighted by Crippen LogP contribution is -2.29. The Labute approximate surface area is 184 Å². The van der Waals surface area contributed by atoms with E-state index in [9.17, 15) is 9.59 Å². The Balaban J connectivity index is 2.03. The molecule has 0 heterocycles. The van der Waals surface area contributed by atoms with Gasteiger partial charge in [-0.2, -0.15) is 0 Å². The third-order valence-corrected chi connectivity index (χ3v) is 4.50. The summed E-state index contributed by atoms with van der Waals surface area (Å²) in [6.45, 7) is 1.45. The van der Waals surface area contributed by atoms with E-state index >= 15 is 0 Å². The van der Waals surface area contributed by atoms with E-state index in [0.717, 1.165) is 0 Å². The number of benzene rings is 2. The van der Waals surface area contributed by atoms with Gasteiger partial charge < -0.3 is 24.3 Å². The first-order chi connectivity index (χ1) is 14.3. The van der Waals surface area contributed by atoms with Crippen molar-refractivity contribution in [2.45, 2.75) is 13.0 Å². The Morgan fingerprint density at radius 1 is 1.00 bits per heavy atom. The van der Waals surface area contributed by atoms with E-state index < -0.39 is 18.0 Å². The molecule has 0 aliphatic rings. The second-order valence-corrected chi connectivity index (χ2v) is 6.83. The summed E-state index contributed by atoms with van der Waals surface area (Å²) in [7, 11) is 4.48. The number of rotatable bonds is 8. The lowest BCUT2D eigenvalue weighted by Gasteiger charge is -2.14. The first-order valence-corrected chi connectivity index (χ1v) is 9.49. The Morgan fingerprint density at radius 2 is 1.63 bits per heavy atom. The predicted molar refractivity (Wildman–Crippen MR) is 116 cm³/mol. The van der Waals surface area contributed by atoms with Crippen LogP contribution in [0.1, 0.15) is 12.5 Å². The zero-order valence-electron chi connectivity index (χ0n) is 16.8. The third-order valence-electron chi connectivity index (χ3n) is 3.95. The van der Waals surface area contributed by atoms with Gasteiger partial charge in [-0.15, -0.1) is 0 Å². The highest BCUT2D eigenvalue weighted by molar-refractivity contribution is 6.36. The van der Waals surface area contributed by atoms with Crippen LogP contribution in [0.15, 0.2) is 36.4 Å². The number of ether oxygens (including phenoxy) is 4. The lowest BCUT2D eigenvalue weighted by molar-refractivity contribution is -0.148. The molecule has 0 unspecified atom stereocenters. The van der Waals surface area contributed by atoms with Gasteiger partial charge in [0.2, 0.25) is 5.75 Å². The van der Waals surface area contributed by atoms with Crippen LogP contribution in [0.3, 0.4) is 0 Å². The molecule has 2 aromatic carbocycles. The van der Waals surface area contributed by atoms with E-state index in [0.29, 0.717) is 33.5 Å². The molecule has 30 heavy (non-hydrogen) atoms. The van der Waals surface area contributed by atoms with Gasteiger partial charge in [-0.3, -0.25) is 4.79 Å². The molecule has 1 amide bonds. The van der Waals surface area contributed by atoms with Crippen molar-refractivity contribution in [3.05, 3.63) is 52.0 Å². The standard InChI is InChI=1S/C21H21Cl2NO6/c1-12(21(26)24-16-7-6-14(22)11-15(16)23)30-19(25)8-5-13-9-17(27-2)20(29-4)18(10-13)28-3/h5-12H,1-4H3,(H,24,26)/b8-5+/t12-/m0/s1. The molecule has 0 bridgehead atoms. The van der Waals surface area contributed by atoms with E-state index in [1.165, 1.54) is 46.5 Å². The normalized spacial score (nSPS) is 11.7. The van der Waals surface area contributed by atoms with Crippen molar-refractivity contribution in [3.63, 3.8) is 0 Å². The van der Waals surface area contributed by atoms with Crippen molar-refractivity contribution in [2.24, 2.45) is 0 Å². The fourth-order valence-electron chi connectivity index (χ4n) is 2.45. The van der Waals surface area contributed by atoms with Gasteiger partial charge in [-0.05, 0) is 48.9 Å². The number of methoxy groups -OCH3 is 3. The molecule has 1 atom stereocenters. The number of anilines is 1.